The van der Waals surface area contributed by atoms with Gasteiger partial charge in [-0.25, -0.2) is 0 Å². The number of nitrogens with zero attached hydrogens (tertiary/aromatic N) is 1. The van der Waals surface area contributed by atoms with Crippen molar-refractivity contribution in [2.24, 2.45) is 0 Å². The molecule has 0 spiro atoms. The van der Waals surface area contributed by atoms with E-state index in [1.807, 2.05) is 24.3 Å². The van der Waals surface area contributed by atoms with Gasteiger partial charge in [-0.3, -0.25) is 0 Å². The molecular formula is C12H13NO. The van der Waals surface area contributed by atoms with E-state index in [4.69, 9.17) is 5.26 Å². The third kappa shape index (κ3) is 1.21. The van der Waals surface area contributed by atoms with Gasteiger partial charge in [-0.15, -0.1) is 0 Å². The van der Waals surface area contributed by atoms with Gasteiger partial charge in [0, 0.05) is 5.41 Å². The van der Waals surface area contributed by atoms with Crippen molar-refractivity contribution in [3.8, 4) is 6.07 Å². The molecule has 2 nitrogen and oxygen atoms in total. The molecule has 14 heavy (non-hydrogen) atoms. The predicted octanol–water partition coefficient (Wildman–Crippen LogP) is 1.97. The van der Waals surface area contributed by atoms with E-state index in [0.717, 1.165) is 24.8 Å². The van der Waals surface area contributed by atoms with E-state index in [9.17, 15) is 5.11 Å². The average molecular weight is 187 g/mol. The molecule has 0 aliphatic heterocycles. The van der Waals surface area contributed by atoms with Gasteiger partial charge in [0.1, 0.15) is 0 Å². The van der Waals surface area contributed by atoms with Crippen LogP contribution < -0.4 is 0 Å². The number of benzene rings is 1. The number of rotatable bonds is 2. The third-order valence-corrected chi connectivity index (χ3v) is 3.23. The molecule has 0 heterocycles. The highest BCUT2D eigenvalue weighted by molar-refractivity contribution is 5.43. The molecule has 1 aromatic rings. The molecule has 0 amide bonds. The largest absolute Gasteiger partial charge is 0.395 e. The van der Waals surface area contributed by atoms with Gasteiger partial charge in [0.15, 0.2) is 0 Å². The first kappa shape index (κ1) is 9.23. The molecule has 1 saturated carbocycles. The number of hydrogen-bond donors (Lipinski definition) is 1. The minimum Gasteiger partial charge on any atom is -0.395 e. The summed E-state index contributed by atoms with van der Waals surface area (Å²) in [6.07, 6.45) is 3.16. The van der Waals surface area contributed by atoms with Gasteiger partial charge in [-0.05, 0) is 24.5 Å². The van der Waals surface area contributed by atoms with Crippen LogP contribution in [0.2, 0.25) is 0 Å². The maximum Gasteiger partial charge on any atom is 0.0994 e. The molecule has 0 saturated heterocycles. The van der Waals surface area contributed by atoms with E-state index in [1.54, 1.807) is 0 Å². The average Bonchev–Trinajstić information content (AvgIpc) is 2.18. The van der Waals surface area contributed by atoms with E-state index in [0.29, 0.717) is 5.56 Å². The minimum absolute atomic E-state index is 0.119. The van der Waals surface area contributed by atoms with Crippen LogP contribution in [0, 0.1) is 11.3 Å². The van der Waals surface area contributed by atoms with Crippen molar-refractivity contribution in [3.05, 3.63) is 35.4 Å². The van der Waals surface area contributed by atoms with Crippen LogP contribution in [0.3, 0.4) is 0 Å². The summed E-state index contributed by atoms with van der Waals surface area (Å²) < 4.78 is 0. The molecule has 2 rings (SSSR count). The van der Waals surface area contributed by atoms with Gasteiger partial charge in [0.25, 0.3) is 0 Å². The Labute approximate surface area is 83.8 Å². The Morgan fingerprint density at radius 2 is 2.07 bits per heavy atom. The molecule has 0 unspecified atom stereocenters. The van der Waals surface area contributed by atoms with Gasteiger partial charge in [0.2, 0.25) is 0 Å². The first-order valence-corrected chi connectivity index (χ1v) is 4.93. The van der Waals surface area contributed by atoms with Crippen LogP contribution in [0.25, 0.3) is 0 Å². The molecule has 0 atom stereocenters. The molecular weight excluding hydrogens is 174 g/mol. The highest BCUT2D eigenvalue weighted by atomic mass is 16.3. The number of hydrogen-bond acceptors (Lipinski definition) is 2. The van der Waals surface area contributed by atoms with Crippen molar-refractivity contribution >= 4 is 0 Å². The van der Waals surface area contributed by atoms with Crippen molar-refractivity contribution in [2.45, 2.75) is 24.7 Å². The molecule has 0 bridgehead atoms. The van der Waals surface area contributed by atoms with Crippen LogP contribution in [0.4, 0.5) is 0 Å². The zero-order chi connectivity index (χ0) is 10.0. The fraction of sp³-hybridized carbons (Fsp3) is 0.417. The lowest BCUT2D eigenvalue weighted by Gasteiger charge is -2.41. The molecule has 1 aliphatic rings. The Kier molecular flexibility index (Phi) is 2.26. The first-order chi connectivity index (χ1) is 6.82. The summed E-state index contributed by atoms with van der Waals surface area (Å²) >= 11 is 0. The zero-order valence-electron chi connectivity index (χ0n) is 8.03. The van der Waals surface area contributed by atoms with Crippen LogP contribution in [0.5, 0.6) is 0 Å². The summed E-state index contributed by atoms with van der Waals surface area (Å²) in [5, 5.41) is 18.4. The normalized spacial score (nSPS) is 18.3. The van der Waals surface area contributed by atoms with Crippen LogP contribution >= 0.6 is 0 Å². The van der Waals surface area contributed by atoms with Gasteiger partial charge >= 0.3 is 0 Å². The van der Waals surface area contributed by atoms with E-state index < -0.39 is 0 Å². The van der Waals surface area contributed by atoms with Crippen LogP contribution in [-0.4, -0.2) is 11.7 Å². The monoisotopic (exact) mass is 187 g/mol. The standard InChI is InChI=1S/C12H13NO/c13-8-10-4-1-2-5-11(10)12(9-14)6-3-7-12/h1-2,4-5,14H,3,6-7,9H2. The van der Waals surface area contributed by atoms with Gasteiger partial charge < -0.3 is 5.11 Å². The molecule has 1 fully saturated rings. The minimum atomic E-state index is -0.119. The molecule has 2 heteroatoms. The maximum atomic E-state index is 9.40. The quantitative estimate of drug-likeness (QED) is 0.769. The van der Waals surface area contributed by atoms with Crippen LogP contribution in [0.15, 0.2) is 24.3 Å². The second-order valence-corrected chi connectivity index (χ2v) is 3.95. The summed E-state index contributed by atoms with van der Waals surface area (Å²) in [5.41, 5.74) is 1.62. The van der Waals surface area contributed by atoms with E-state index in [2.05, 4.69) is 6.07 Å². The molecule has 0 aromatic heterocycles. The first-order valence-electron chi connectivity index (χ1n) is 4.93. The summed E-state index contributed by atoms with van der Waals surface area (Å²) in [6, 6.07) is 9.79. The molecule has 1 aliphatic carbocycles. The summed E-state index contributed by atoms with van der Waals surface area (Å²) in [7, 11) is 0. The molecule has 72 valence electrons. The second kappa shape index (κ2) is 3.43. The zero-order valence-corrected chi connectivity index (χ0v) is 8.03. The van der Waals surface area contributed by atoms with E-state index in [1.165, 1.54) is 0 Å². The number of aliphatic hydroxyl groups excluding tert-OH is 1. The van der Waals surface area contributed by atoms with Gasteiger partial charge in [0.05, 0.1) is 18.2 Å². The van der Waals surface area contributed by atoms with Gasteiger partial charge in [-0.2, -0.15) is 5.26 Å². The van der Waals surface area contributed by atoms with Crippen LogP contribution in [-0.2, 0) is 5.41 Å². The lowest BCUT2D eigenvalue weighted by molar-refractivity contribution is 0.120. The van der Waals surface area contributed by atoms with Crippen molar-refractivity contribution in [1.29, 1.82) is 5.26 Å². The van der Waals surface area contributed by atoms with Crippen molar-refractivity contribution < 1.29 is 5.11 Å². The van der Waals surface area contributed by atoms with E-state index >= 15 is 0 Å². The molecule has 1 aromatic carbocycles. The summed E-state index contributed by atoms with van der Waals surface area (Å²) in [6.45, 7) is 0.158. The predicted molar refractivity (Wildman–Crippen MR) is 53.8 cm³/mol. The van der Waals surface area contributed by atoms with Crippen molar-refractivity contribution in [1.82, 2.24) is 0 Å². The molecule has 1 N–H and O–H groups in total. The number of aliphatic hydroxyl groups is 1. The highest BCUT2D eigenvalue weighted by Crippen LogP contribution is 2.44. The fourth-order valence-electron chi connectivity index (χ4n) is 2.16. The lowest BCUT2D eigenvalue weighted by Crippen LogP contribution is -2.38. The fourth-order valence-corrected chi connectivity index (χ4v) is 2.16. The van der Waals surface area contributed by atoms with Crippen molar-refractivity contribution in [3.63, 3.8) is 0 Å². The Hall–Kier alpha value is -1.33. The third-order valence-electron chi connectivity index (χ3n) is 3.23. The van der Waals surface area contributed by atoms with Crippen molar-refractivity contribution in [2.75, 3.05) is 6.61 Å². The Balaban J connectivity index is 2.45. The Morgan fingerprint density at radius 1 is 1.36 bits per heavy atom. The lowest BCUT2D eigenvalue weighted by atomic mass is 9.64. The van der Waals surface area contributed by atoms with Crippen LogP contribution in [0.1, 0.15) is 30.4 Å². The van der Waals surface area contributed by atoms with Gasteiger partial charge in [-0.1, -0.05) is 24.6 Å². The highest BCUT2D eigenvalue weighted by Gasteiger charge is 2.39. The second-order valence-electron chi connectivity index (χ2n) is 3.95. The maximum absolute atomic E-state index is 9.40. The number of nitriles is 1. The topological polar surface area (TPSA) is 44.0 Å². The van der Waals surface area contributed by atoms with E-state index in [-0.39, 0.29) is 12.0 Å². The smallest absolute Gasteiger partial charge is 0.0994 e. The summed E-state index contributed by atoms with van der Waals surface area (Å²) in [4.78, 5) is 0. The SMILES string of the molecule is N#Cc1ccccc1C1(CO)CCC1. The Morgan fingerprint density at radius 3 is 2.57 bits per heavy atom. The summed E-state index contributed by atoms with van der Waals surface area (Å²) in [5.74, 6) is 0. The molecule has 0 radical (unpaired) electrons. The Bertz CT molecular complexity index is 369.